The number of rotatable bonds is 9. The fourth-order valence-corrected chi connectivity index (χ4v) is 10.6. The number of ketones is 1. The SMILES string of the molecule is CC(=O)c1c(C)c2cnc(Nc3ccc(N4CCC(N5CCN(Cc6cc(Br)c7c(c6)CN(C6CCC(=O)NC6=O)C7=O)CC5)CC4)cn3)nc2n(C2CCCC2)c1=O. The predicted octanol–water partition coefficient (Wildman–Crippen LogP) is 4.87. The molecule has 9 rings (SSSR count). The molecular formula is C43H49BrN10O5. The molecule has 1 saturated carbocycles. The molecule has 3 aromatic heterocycles. The lowest BCUT2D eigenvalue weighted by Crippen LogP contribution is -2.53. The quantitative estimate of drug-likeness (QED) is 0.174. The normalized spacial score (nSPS) is 21.1. The highest BCUT2D eigenvalue weighted by molar-refractivity contribution is 9.10. The monoisotopic (exact) mass is 864 g/mol. The van der Waals surface area contributed by atoms with Crippen LogP contribution in [-0.4, -0.2) is 109 Å². The number of fused-ring (bicyclic) bond motifs is 2. The number of carbonyl (C=O) groups excluding carboxylic acids is 4. The van der Waals surface area contributed by atoms with Crippen LogP contribution in [-0.2, 0) is 22.7 Å². The Balaban J connectivity index is 0.777. The Morgan fingerprint density at radius 3 is 2.37 bits per heavy atom. The van der Waals surface area contributed by atoms with Gasteiger partial charge in [0, 0.05) is 86.9 Å². The summed E-state index contributed by atoms with van der Waals surface area (Å²) in [6.45, 7) is 10.2. The van der Waals surface area contributed by atoms with Crippen LogP contribution >= 0.6 is 15.9 Å². The second kappa shape index (κ2) is 16.2. The Kier molecular flexibility index (Phi) is 10.8. The van der Waals surface area contributed by atoms with Gasteiger partial charge < -0.3 is 15.1 Å². The summed E-state index contributed by atoms with van der Waals surface area (Å²) in [7, 11) is 0. The summed E-state index contributed by atoms with van der Waals surface area (Å²) in [5.41, 5.74) is 4.87. The van der Waals surface area contributed by atoms with Crippen LogP contribution in [0.4, 0.5) is 17.5 Å². The minimum atomic E-state index is -0.624. The zero-order chi connectivity index (χ0) is 40.9. The van der Waals surface area contributed by atoms with E-state index >= 15 is 0 Å². The fourth-order valence-electron chi connectivity index (χ4n) is 9.92. The van der Waals surface area contributed by atoms with Gasteiger partial charge in [-0.3, -0.25) is 43.7 Å². The number of piperazine rings is 1. The van der Waals surface area contributed by atoms with Gasteiger partial charge in [-0.05, 0) is 96.8 Å². The van der Waals surface area contributed by atoms with E-state index in [0.717, 1.165) is 106 Å². The minimum absolute atomic E-state index is 0.0145. The third kappa shape index (κ3) is 7.66. The Hall–Kier alpha value is -5.06. The van der Waals surface area contributed by atoms with Crippen LogP contribution < -0.4 is 21.1 Å². The number of anilines is 3. The number of imide groups is 1. The molecule has 4 aliphatic heterocycles. The molecule has 1 aliphatic carbocycles. The third-order valence-electron chi connectivity index (χ3n) is 13.0. The number of benzene rings is 1. The summed E-state index contributed by atoms with van der Waals surface area (Å²) >= 11 is 3.65. The van der Waals surface area contributed by atoms with Crippen molar-refractivity contribution in [3.8, 4) is 0 Å². The molecule has 59 heavy (non-hydrogen) atoms. The molecule has 16 heteroatoms. The number of pyridine rings is 2. The van der Waals surface area contributed by atoms with Crippen molar-refractivity contribution in [2.45, 2.75) is 96.4 Å². The summed E-state index contributed by atoms with van der Waals surface area (Å²) in [6.07, 6.45) is 10.2. The van der Waals surface area contributed by atoms with Gasteiger partial charge in [0.05, 0.1) is 23.0 Å². The molecule has 7 heterocycles. The molecule has 1 atom stereocenters. The largest absolute Gasteiger partial charge is 0.370 e. The van der Waals surface area contributed by atoms with Gasteiger partial charge in [0.1, 0.15) is 17.5 Å². The first kappa shape index (κ1) is 39.4. The van der Waals surface area contributed by atoms with Crippen LogP contribution in [0.2, 0.25) is 0 Å². The van der Waals surface area contributed by atoms with Crippen LogP contribution in [0, 0.1) is 6.92 Å². The number of aryl methyl sites for hydroxylation is 1. The zero-order valence-electron chi connectivity index (χ0n) is 33.5. The highest BCUT2D eigenvalue weighted by Gasteiger charge is 2.40. The maximum absolute atomic E-state index is 13.6. The van der Waals surface area contributed by atoms with Crippen LogP contribution in [0.15, 0.2) is 45.9 Å². The van der Waals surface area contributed by atoms with Crippen LogP contribution in [0.1, 0.15) is 102 Å². The third-order valence-corrected chi connectivity index (χ3v) is 13.7. The molecule has 4 fully saturated rings. The zero-order valence-corrected chi connectivity index (χ0v) is 35.1. The molecule has 4 aromatic rings. The van der Waals surface area contributed by atoms with Gasteiger partial charge in [-0.1, -0.05) is 18.9 Å². The average Bonchev–Trinajstić information content (AvgIpc) is 3.87. The molecule has 15 nitrogen and oxygen atoms in total. The number of nitrogens with zero attached hydrogens (tertiary/aromatic N) is 8. The Labute approximate surface area is 350 Å². The number of Topliss-reactive ketones (excluding diaryl/α,β-unsaturated/α-hetero) is 1. The van der Waals surface area contributed by atoms with E-state index in [4.69, 9.17) is 9.97 Å². The number of hydrogen-bond donors (Lipinski definition) is 2. The molecule has 308 valence electrons. The van der Waals surface area contributed by atoms with Gasteiger partial charge in [-0.15, -0.1) is 0 Å². The number of nitrogens with one attached hydrogen (secondary N) is 2. The number of carbonyl (C=O) groups is 4. The van der Waals surface area contributed by atoms with Crippen LogP contribution in [0.25, 0.3) is 11.0 Å². The second-order valence-corrected chi connectivity index (χ2v) is 17.5. The smallest absolute Gasteiger partial charge is 0.263 e. The number of piperidine rings is 2. The van der Waals surface area contributed by atoms with Gasteiger partial charge in [0.15, 0.2) is 5.78 Å². The van der Waals surface area contributed by atoms with E-state index in [1.165, 1.54) is 6.92 Å². The Bertz CT molecular complexity index is 2400. The molecule has 3 saturated heterocycles. The molecule has 3 amide bonds. The van der Waals surface area contributed by atoms with Crippen molar-refractivity contribution in [2.24, 2.45) is 0 Å². The summed E-state index contributed by atoms with van der Waals surface area (Å²) in [6, 6.07) is 8.07. The van der Waals surface area contributed by atoms with E-state index in [9.17, 15) is 24.0 Å². The summed E-state index contributed by atoms with van der Waals surface area (Å²) in [5.74, 6) is -0.117. The van der Waals surface area contributed by atoms with E-state index < -0.39 is 11.9 Å². The van der Waals surface area contributed by atoms with E-state index in [1.54, 1.807) is 22.6 Å². The van der Waals surface area contributed by atoms with E-state index in [-0.39, 0.29) is 41.2 Å². The first-order chi connectivity index (χ1) is 28.5. The van der Waals surface area contributed by atoms with E-state index in [1.807, 2.05) is 18.3 Å². The van der Waals surface area contributed by atoms with E-state index in [2.05, 4.69) is 58.4 Å². The van der Waals surface area contributed by atoms with Gasteiger partial charge in [-0.2, -0.15) is 4.98 Å². The molecule has 0 radical (unpaired) electrons. The number of aromatic nitrogens is 4. The molecule has 1 unspecified atom stereocenters. The van der Waals surface area contributed by atoms with Crippen molar-refractivity contribution in [3.63, 3.8) is 0 Å². The minimum Gasteiger partial charge on any atom is -0.370 e. The number of amides is 3. The molecule has 0 bridgehead atoms. The lowest BCUT2D eigenvalue weighted by Gasteiger charge is -2.43. The lowest BCUT2D eigenvalue weighted by molar-refractivity contribution is -0.136. The van der Waals surface area contributed by atoms with Gasteiger partial charge >= 0.3 is 0 Å². The Morgan fingerprint density at radius 1 is 0.915 bits per heavy atom. The first-order valence-electron chi connectivity index (χ1n) is 20.9. The van der Waals surface area contributed by atoms with Gasteiger partial charge in [0.25, 0.3) is 11.5 Å². The maximum Gasteiger partial charge on any atom is 0.263 e. The predicted molar refractivity (Wildman–Crippen MR) is 226 cm³/mol. The highest BCUT2D eigenvalue weighted by atomic mass is 79.9. The van der Waals surface area contributed by atoms with Crippen LogP contribution in [0.3, 0.4) is 0 Å². The van der Waals surface area contributed by atoms with Gasteiger partial charge in [-0.25, -0.2) is 9.97 Å². The highest BCUT2D eigenvalue weighted by Crippen LogP contribution is 2.35. The molecule has 5 aliphatic rings. The van der Waals surface area contributed by atoms with Gasteiger partial charge in [0.2, 0.25) is 17.8 Å². The van der Waals surface area contributed by atoms with Crippen molar-refractivity contribution in [2.75, 3.05) is 49.5 Å². The molecule has 2 N–H and O–H groups in total. The molecule has 0 spiro atoms. The van der Waals surface area contributed by atoms with Crippen molar-refractivity contribution < 1.29 is 19.2 Å². The second-order valence-electron chi connectivity index (χ2n) is 16.7. The summed E-state index contributed by atoms with van der Waals surface area (Å²) in [5, 5.41) is 6.33. The topological polar surface area (TPSA) is 166 Å². The maximum atomic E-state index is 13.6. The van der Waals surface area contributed by atoms with Crippen molar-refractivity contribution in [1.82, 2.24) is 39.5 Å². The summed E-state index contributed by atoms with van der Waals surface area (Å²) in [4.78, 5) is 86.7. The molecule has 1 aromatic carbocycles. The van der Waals surface area contributed by atoms with E-state index in [0.29, 0.717) is 52.9 Å². The summed E-state index contributed by atoms with van der Waals surface area (Å²) < 4.78 is 2.48. The van der Waals surface area contributed by atoms with Crippen molar-refractivity contribution >= 4 is 67.9 Å². The standard InChI is InChI=1S/C43H49BrN10O5/c1-25-32-22-46-43(49-39(32)54(30-5-3-4-6-30)42(59)37(25)26(2)55)47-35-9-7-31(21-45-35)51-13-11-29(12-14-51)52-17-15-50(16-18-52)23-27-19-28-24-53(41(58)38(28)33(44)20-27)34-8-10-36(56)48-40(34)57/h7,9,19-22,29-30,34H,3-6,8,10-18,23-24H2,1-2H3,(H,48,56,57)(H,45,46,47,49). The number of halogens is 1. The Morgan fingerprint density at radius 2 is 1.68 bits per heavy atom. The van der Waals surface area contributed by atoms with Crippen LogP contribution in [0.5, 0.6) is 0 Å². The fraction of sp³-hybridized carbons (Fsp3) is 0.488. The molecular weight excluding hydrogens is 816 g/mol. The first-order valence-corrected chi connectivity index (χ1v) is 21.6. The van der Waals surface area contributed by atoms with Crippen molar-refractivity contribution in [3.05, 3.63) is 79.3 Å². The lowest BCUT2D eigenvalue weighted by atomic mass is 10.0. The van der Waals surface area contributed by atoms with Crippen molar-refractivity contribution in [1.29, 1.82) is 0 Å². The number of hydrogen-bond acceptors (Lipinski definition) is 12. The average molecular weight is 866 g/mol.